The summed E-state index contributed by atoms with van der Waals surface area (Å²) in [6.07, 6.45) is 8.49. The first kappa shape index (κ1) is 19.5. The Balaban J connectivity index is 1.70. The molecular formula is C19H34N6. The van der Waals surface area contributed by atoms with E-state index in [1.807, 2.05) is 38.3 Å². The zero-order chi connectivity index (χ0) is 17.9. The van der Waals surface area contributed by atoms with Gasteiger partial charge in [0.05, 0.1) is 0 Å². The first-order valence-corrected chi connectivity index (χ1v) is 9.49. The summed E-state index contributed by atoms with van der Waals surface area (Å²) in [5, 5.41) is 6.81. The molecule has 0 amide bonds. The summed E-state index contributed by atoms with van der Waals surface area (Å²) in [4.78, 5) is 13.4. The van der Waals surface area contributed by atoms with Gasteiger partial charge in [0.15, 0.2) is 5.96 Å². The van der Waals surface area contributed by atoms with E-state index in [0.717, 1.165) is 24.7 Å². The van der Waals surface area contributed by atoms with Crippen LogP contribution < -0.4 is 15.5 Å². The van der Waals surface area contributed by atoms with Gasteiger partial charge in [-0.3, -0.25) is 4.99 Å². The molecular weight excluding hydrogens is 312 g/mol. The Morgan fingerprint density at radius 2 is 1.96 bits per heavy atom. The van der Waals surface area contributed by atoms with E-state index in [-0.39, 0.29) is 0 Å². The summed E-state index contributed by atoms with van der Waals surface area (Å²) in [6.45, 7) is 5.37. The third-order valence-electron chi connectivity index (χ3n) is 4.60. The Morgan fingerprint density at radius 1 is 1.20 bits per heavy atom. The van der Waals surface area contributed by atoms with Gasteiger partial charge in [-0.15, -0.1) is 0 Å². The number of nitrogens with one attached hydrogen (secondary N) is 2. The highest BCUT2D eigenvalue weighted by Crippen LogP contribution is 2.13. The predicted octanol–water partition coefficient (Wildman–Crippen LogP) is 2.08. The van der Waals surface area contributed by atoms with Crippen molar-refractivity contribution < 1.29 is 0 Å². The minimum absolute atomic E-state index is 0.715. The second-order valence-electron chi connectivity index (χ2n) is 6.84. The van der Waals surface area contributed by atoms with Crippen LogP contribution in [-0.2, 0) is 6.54 Å². The molecule has 1 aromatic heterocycles. The Bertz CT molecular complexity index is 520. The van der Waals surface area contributed by atoms with E-state index in [0.29, 0.717) is 6.54 Å². The summed E-state index contributed by atoms with van der Waals surface area (Å²) in [5.74, 6) is 1.84. The van der Waals surface area contributed by atoms with Crippen molar-refractivity contribution in [3.05, 3.63) is 23.9 Å². The van der Waals surface area contributed by atoms with Gasteiger partial charge in [-0.25, -0.2) is 4.98 Å². The molecule has 0 atom stereocenters. The molecule has 0 spiro atoms. The highest BCUT2D eigenvalue weighted by Gasteiger charge is 2.09. The fourth-order valence-corrected chi connectivity index (χ4v) is 3.24. The summed E-state index contributed by atoms with van der Waals surface area (Å²) < 4.78 is 0. The molecule has 1 saturated heterocycles. The van der Waals surface area contributed by atoms with Crippen molar-refractivity contribution in [2.24, 2.45) is 4.99 Å². The van der Waals surface area contributed by atoms with E-state index in [2.05, 4.69) is 31.6 Å². The van der Waals surface area contributed by atoms with Crippen molar-refractivity contribution in [1.82, 2.24) is 20.5 Å². The number of pyridine rings is 1. The third-order valence-corrected chi connectivity index (χ3v) is 4.60. The average molecular weight is 347 g/mol. The lowest BCUT2D eigenvalue weighted by Crippen LogP contribution is -2.38. The predicted molar refractivity (Wildman–Crippen MR) is 106 cm³/mol. The van der Waals surface area contributed by atoms with Crippen LogP contribution in [0.25, 0.3) is 0 Å². The molecule has 0 aliphatic carbocycles. The van der Waals surface area contributed by atoms with Crippen LogP contribution >= 0.6 is 0 Å². The number of nitrogens with zero attached hydrogens (tertiary/aromatic N) is 4. The highest BCUT2D eigenvalue weighted by molar-refractivity contribution is 5.79. The molecule has 1 aliphatic rings. The molecule has 1 aromatic rings. The molecule has 6 heteroatoms. The van der Waals surface area contributed by atoms with Gasteiger partial charge in [-0.1, -0.05) is 18.9 Å². The number of aliphatic imine (C=N–C) groups is 1. The minimum Gasteiger partial charge on any atom is -0.362 e. The van der Waals surface area contributed by atoms with Crippen molar-refractivity contribution in [3.63, 3.8) is 0 Å². The lowest BCUT2D eigenvalue weighted by molar-refractivity contribution is 0.282. The summed E-state index contributed by atoms with van der Waals surface area (Å²) >= 11 is 0. The molecule has 2 rings (SSSR count). The molecule has 0 radical (unpaired) electrons. The number of anilines is 1. The number of guanidine groups is 1. The first-order chi connectivity index (χ1) is 12.2. The lowest BCUT2D eigenvalue weighted by atomic mass is 10.2. The number of aromatic nitrogens is 1. The monoisotopic (exact) mass is 346 g/mol. The maximum absolute atomic E-state index is 4.44. The van der Waals surface area contributed by atoms with Crippen LogP contribution in [0.15, 0.2) is 23.3 Å². The van der Waals surface area contributed by atoms with E-state index >= 15 is 0 Å². The quantitative estimate of drug-likeness (QED) is 0.450. The van der Waals surface area contributed by atoms with E-state index < -0.39 is 0 Å². The van der Waals surface area contributed by atoms with Crippen molar-refractivity contribution in [2.45, 2.75) is 38.6 Å². The number of rotatable bonds is 7. The van der Waals surface area contributed by atoms with Crippen LogP contribution in [0.2, 0.25) is 0 Å². The number of hydrogen-bond donors (Lipinski definition) is 2. The molecule has 6 nitrogen and oxygen atoms in total. The summed E-state index contributed by atoms with van der Waals surface area (Å²) in [7, 11) is 5.85. The molecule has 0 unspecified atom stereocenters. The van der Waals surface area contributed by atoms with Gasteiger partial charge in [-0.05, 0) is 45.0 Å². The van der Waals surface area contributed by atoms with E-state index in [4.69, 9.17) is 0 Å². The molecule has 0 aromatic carbocycles. The molecule has 0 bridgehead atoms. The average Bonchev–Trinajstić information content (AvgIpc) is 2.90. The van der Waals surface area contributed by atoms with Gasteiger partial charge in [-0.2, -0.15) is 0 Å². The van der Waals surface area contributed by atoms with Crippen LogP contribution in [0.1, 0.15) is 37.7 Å². The minimum atomic E-state index is 0.715. The number of likely N-dealkylation sites (tertiary alicyclic amines) is 1. The molecule has 2 heterocycles. The van der Waals surface area contributed by atoms with Crippen LogP contribution in [0.3, 0.4) is 0 Å². The third kappa shape index (κ3) is 6.90. The van der Waals surface area contributed by atoms with Gasteiger partial charge in [0.25, 0.3) is 0 Å². The SMILES string of the molecule is CN=C(NCCCN1CCCCCC1)NCc1cccnc1N(C)C. The Kier molecular flexibility index (Phi) is 8.52. The maximum atomic E-state index is 4.44. The largest absolute Gasteiger partial charge is 0.362 e. The van der Waals surface area contributed by atoms with Crippen molar-refractivity contribution in [3.8, 4) is 0 Å². The van der Waals surface area contributed by atoms with Crippen molar-refractivity contribution in [1.29, 1.82) is 0 Å². The molecule has 25 heavy (non-hydrogen) atoms. The maximum Gasteiger partial charge on any atom is 0.191 e. The van der Waals surface area contributed by atoms with Crippen LogP contribution in [0.5, 0.6) is 0 Å². The van der Waals surface area contributed by atoms with Crippen molar-refractivity contribution in [2.75, 3.05) is 52.2 Å². The molecule has 0 saturated carbocycles. The zero-order valence-electron chi connectivity index (χ0n) is 16.1. The standard InChI is InChI=1S/C19H34N6/c1-20-19(22-12-9-15-25-13-6-4-5-7-14-25)23-16-17-10-8-11-21-18(17)24(2)3/h8,10-11H,4-7,9,12-16H2,1-3H3,(H2,20,22,23). The van der Waals surface area contributed by atoms with Gasteiger partial charge in [0.1, 0.15) is 5.82 Å². The van der Waals surface area contributed by atoms with Crippen LogP contribution in [-0.4, -0.2) is 63.2 Å². The Morgan fingerprint density at radius 3 is 2.64 bits per heavy atom. The van der Waals surface area contributed by atoms with Gasteiger partial charge in [0.2, 0.25) is 0 Å². The van der Waals surface area contributed by atoms with E-state index in [1.165, 1.54) is 50.9 Å². The highest BCUT2D eigenvalue weighted by atomic mass is 15.2. The van der Waals surface area contributed by atoms with Gasteiger partial charge >= 0.3 is 0 Å². The van der Waals surface area contributed by atoms with Gasteiger partial charge in [0, 0.05) is 46.0 Å². The second kappa shape index (κ2) is 10.9. The second-order valence-corrected chi connectivity index (χ2v) is 6.84. The van der Waals surface area contributed by atoms with Crippen LogP contribution in [0.4, 0.5) is 5.82 Å². The first-order valence-electron chi connectivity index (χ1n) is 9.49. The smallest absolute Gasteiger partial charge is 0.191 e. The van der Waals surface area contributed by atoms with Gasteiger partial charge < -0.3 is 20.4 Å². The van der Waals surface area contributed by atoms with E-state index in [9.17, 15) is 0 Å². The summed E-state index contributed by atoms with van der Waals surface area (Å²) in [6, 6.07) is 4.07. The van der Waals surface area contributed by atoms with E-state index in [1.54, 1.807) is 0 Å². The van der Waals surface area contributed by atoms with Crippen LogP contribution in [0, 0.1) is 0 Å². The Labute approximate surface area is 152 Å². The molecule has 1 aliphatic heterocycles. The topological polar surface area (TPSA) is 55.8 Å². The lowest BCUT2D eigenvalue weighted by Gasteiger charge is -2.20. The number of hydrogen-bond acceptors (Lipinski definition) is 4. The fourth-order valence-electron chi connectivity index (χ4n) is 3.24. The Hall–Kier alpha value is -1.82. The normalized spacial score (nSPS) is 16.4. The molecule has 2 N–H and O–H groups in total. The summed E-state index contributed by atoms with van der Waals surface area (Å²) in [5.41, 5.74) is 1.17. The molecule has 1 fully saturated rings. The zero-order valence-corrected chi connectivity index (χ0v) is 16.1. The van der Waals surface area contributed by atoms with Crippen molar-refractivity contribution >= 4 is 11.8 Å². The molecule has 140 valence electrons. The fraction of sp³-hybridized carbons (Fsp3) is 0.684.